The molecule has 1 aromatic carbocycles. The molecular weight excluding hydrogens is 262 g/mol. The van der Waals surface area contributed by atoms with Gasteiger partial charge in [0.15, 0.2) is 0 Å². The summed E-state index contributed by atoms with van der Waals surface area (Å²) in [6.07, 6.45) is 0.745. The number of rotatable bonds is 5. The molecule has 0 aliphatic heterocycles. The third kappa shape index (κ3) is 3.66. The fourth-order valence-corrected chi connectivity index (χ4v) is 1.95. The molecule has 5 heteroatoms. The molecule has 0 fully saturated rings. The van der Waals surface area contributed by atoms with Crippen LogP contribution in [-0.2, 0) is 17.8 Å². The molecule has 1 N–H and O–H groups in total. The second-order valence-electron chi connectivity index (χ2n) is 4.06. The Bertz CT molecular complexity index is 560. The number of benzene rings is 1. The van der Waals surface area contributed by atoms with Crippen molar-refractivity contribution in [1.29, 1.82) is 0 Å². The summed E-state index contributed by atoms with van der Waals surface area (Å²) in [6, 6.07) is 9.64. The van der Waals surface area contributed by atoms with Crippen LogP contribution < -0.4 is 5.32 Å². The summed E-state index contributed by atoms with van der Waals surface area (Å²) < 4.78 is 5.18. The largest absolute Gasteiger partial charge is 0.380 e. The van der Waals surface area contributed by atoms with Crippen LogP contribution in [0.5, 0.6) is 0 Å². The van der Waals surface area contributed by atoms with Gasteiger partial charge in [-0.2, -0.15) is 0 Å². The van der Waals surface area contributed by atoms with E-state index < -0.39 is 0 Å². The molecule has 0 saturated heterocycles. The lowest BCUT2D eigenvalue weighted by atomic mass is 10.2. The number of aromatic nitrogens is 2. The van der Waals surface area contributed by atoms with Crippen molar-refractivity contribution in [2.75, 3.05) is 12.4 Å². The molecule has 19 heavy (non-hydrogen) atoms. The zero-order valence-electron chi connectivity index (χ0n) is 11.0. The molecule has 0 saturated carbocycles. The van der Waals surface area contributed by atoms with Crippen LogP contribution in [0.2, 0.25) is 5.15 Å². The van der Waals surface area contributed by atoms with Crippen molar-refractivity contribution in [2.24, 2.45) is 0 Å². The maximum atomic E-state index is 5.98. The number of nitrogens with one attached hydrogen (secondary N) is 1. The first kappa shape index (κ1) is 13.8. The Kier molecular flexibility index (Phi) is 4.71. The van der Waals surface area contributed by atoms with Crippen LogP contribution in [0.25, 0.3) is 0 Å². The normalized spacial score (nSPS) is 10.5. The highest BCUT2D eigenvalue weighted by Gasteiger charge is 2.05. The van der Waals surface area contributed by atoms with Crippen molar-refractivity contribution in [3.8, 4) is 0 Å². The van der Waals surface area contributed by atoms with E-state index in [1.54, 1.807) is 13.2 Å². The predicted octanol–water partition coefficient (Wildman–Crippen LogP) is 3.58. The molecule has 0 aliphatic carbocycles. The molecule has 1 aromatic heterocycles. The van der Waals surface area contributed by atoms with E-state index in [9.17, 15) is 0 Å². The molecule has 2 aromatic rings. The van der Waals surface area contributed by atoms with Gasteiger partial charge in [-0.15, -0.1) is 0 Å². The molecule has 0 unspecified atom stereocenters. The van der Waals surface area contributed by atoms with Gasteiger partial charge in [0.05, 0.1) is 6.61 Å². The number of methoxy groups -OCH3 is 1. The minimum atomic E-state index is 0.443. The summed E-state index contributed by atoms with van der Waals surface area (Å²) in [5, 5.41) is 3.70. The van der Waals surface area contributed by atoms with Gasteiger partial charge in [0.2, 0.25) is 0 Å². The first-order valence-electron chi connectivity index (χ1n) is 6.10. The fraction of sp³-hybridized carbons (Fsp3) is 0.286. The molecule has 1 heterocycles. The summed E-state index contributed by atoms with van der Waals surface area (Å²) in [7, 11) is 1.67. The Balaban J connectivity index is 2.28. The van der Waals surface area contributed by atoms with Crippen LogP contribution >= 0.6 is 11.6 Å². The van der Waals surface area contributed by atoms with Crippen molar-refractivity contribution in [3.05, 3.63) is 46.9 Å². The van der Waals surface area contributed by atoms with Gasteiger partial charge in [-0.1, -0.05) is 36.7 Å². The average Bonchev–Trinajstić information content (AvgIpc) is 2.40. The Hall–Kier alpha value is -1.65. The maximum Gasteiger partial charge on any atom is 0.135 e. The number of para-hydroxylation sites is 1. The first-order chi connectivity index (χ1) is 9.22. The van der Waals surface area contributed by atoms with Gasteiger partial charge in [0.25, 0.3) is 0 Å². The minimum absolute atomic E-state index is 0.443. The zero-order chi connectivity index (χ0) is 13.7. The predicted molar refractivity (Wildman–Crippen MR) is 76.9 cm³/mol. The number of aryl methyl sites for hydroxylation is 1. The van der Waals surface area contributed by atoms with Crippen LogP contribution in [0.15, 0.2) is 30.3 Å². The maximum absolute atomic E-state index is 5.98. The van der Waals surface area contributed by atoms with Gasteiger partial charge in [-0.05, 0) is 6.07 Å². The SMILES string of the molecule is CCc1nc(Cl)cc(Nc2ccccc2COC)n1. The Labute approximate surface area is 117 Å². The highest BCUT2D eigenvalue weighted by Crippen LogP contribution is 2.21. The lowest BCUT2D eigenvalue weighted by molar-refractivity contribution is 0.185. The highest BCUT2D eigenvalue weighted by molar-refractivity contribution is 6.29. The summed E-state index contributed by atoms with van der Waals surface area (Å²) in [5.74, 6) is 1.42. The van der Waals surface area contributed by atoms with E-state index in [4.69, 9.17) is 16.3 Å². The quantitative estimate of drug-likeness (QED) is 0.849. The van der Waals surface area contributed by atoms with Gasteiger partial charge in [0.1, 0.15) is 16.8 Å². The number of hydrogen-bond acceptors (Lipinski definition) is 4. The van der Waals surface area contributed by atoms with E-state index >= 15 is 0 Å². The van der Waals surface area contributed by atoms with Crippen molar-refractivity contribution in [2.45, 2.75) is 20.0 Å². The lowest BCUT2D eigenvalue weighted by Gasteiger charge is -2.11. The Morgan fingerprint density at radius 2 is 2.05 bits per heavy atom. The molecule has 4 nitrogen and oxygen atoms in total. The monoisotopic (exact) mass is 277 g/mol. The van der Waals surface area contributed by atoms with E-state index in [1.165, 1.54) is 0 Å². The van der Waals surface area contributed by atoms with Crippen molar-refractivity contribution >= 4 is 23.1 Å². The summed E-state index contributed by atoms with van der Waals surface area (Å²) >= 11 is 5.98. The van der Waals surface area contributed by atoms with E-state index in [0.717, 1.165) is 23.5 Å². The molecule has 0 amide bonds. The standard InChI is InChI=1S/C14H16ClN3O/c1-3-13-17-12(15)8-14(18-13)16-11-7-5-4-6-10(11)9-19-2/h4-8H,3,9H2,1-2H3,(H,16,17,18). The molecule has 0 aliphatic rings. The Morgan fingerprint density at radius 1 is 1.26 bits per heavy atom. The van der Waals surface area contributed by atoms with Gasteiger partial charge < -0.3 is 10.1 Å². The van der Waals surface area contributed by atoms with Crippen LogP contribution in [-0.4, -0.2) is 17.1 Å². The molecule has 2 rings (SSSR count). The molecular formula is C14H16ClN3O. The number of ether oxygens (including phenoxy) is 1. The van der Waals surface area contributed by atoms with Gasteiger partial charge in [-0.3, -0.25) is 0 Å². The minimum Gasteiger partial charge on any atom is -0.380 e. The van der Waals surface area contributed by atoms with Crippen molar-refractivity contribution in [3.63, 3.8) is 0 Å². The summed E-state index contributed by atoms with van der Waals surface area (Å²) in [5.41, 5.74) is 2.03. The van der Waals surface area contributed by atoms with Gasteiger partial charge in [-0.25, -0.2) is 9.97 Å². The number of nitrogens with zero attached hydrogens (tertiary/aromatic N) is 2. The third-order valence-corrected chi connectivity index (χ3v) is 2.83. The Morgan fingerprint density at radius 3 is 2.79 bits per heavy atom. The van der Waals surface area contributed by atoms with Gasteiger partial charge in [0, 0.05) is 30.8 Å². The van der Waals surface area contributed by atoms with E-state index in [0.29, 0.717) is 17.6 Å². The second-order valence-corrected chi connectivity index (χ2v) is 4.45. The number of halogens is 1. The van der Waals surface area contributed by atoms with E-state index in [-0.39, 0.29) is 0 Å². The highest BCUT2D eigenvalue weighted by atomic mass is 35.5. The number of anilines is 2. The molecule has 100 valence electrons. The third-order valence-electron chi connectivity index (χ3n) is 2.64. The number of hydrogen-bond donors (Lipinski definition) is 1. The van der Waals surface area contributed by atoms with E-state index in [2.05, 4.69) is 15.3 Å². The van der Waals surface area contributed by atoms with Gasteiger partial charge >= 0.3 is 0 Å². The topological polar surface area (TPSA) is 47.0 Å². The first-order valence-corrected chi connectivity index (χ1v) is 6.48. The molecule has 0 spiro atoms. The van der Waals surface area contributed by atoms with Crippen LogP contribution in [0.3, 0.4) is 0 Å². The second kappa shape index (κ2) is 6.50. The summed E-state index contributed by atoms with van der Waals surface area (Å²) in [4.78, 5) is 8.54. The summed E-state index contributed by atoms with van der Waals surface area (Å²) in [6.45, 7) is 2.54. The smallest absolute Gasteiger partial charge is 0.135 e. The van der Waals surface area contributed by atoms with E-state index in [1.807, 2.05) is 31.2 Å². The van der Waals surface area contributed by atoms with Crippen molar-refractivity contribution in [1.82, 2.24) is 9.97 Å². The molecule has 0 bridgehead atoms. The van der Waals surface area contributed by atoms with Crippen LogP contribution in [0.4, 0.5) is 11.5 Å². The zero-order valence-corrected chi connectivity index (χ0v) is 11.7. The average molecular weight is 278 g/mol. The lowest BCUT2D eigenvalue weighted by Crippen LogP contribution is -2.02. The van der Waals surface area contributed by atoms with Crippen molar-refractivity contribution < 1.29 is 4.74 Å². The molecule has 0 radical (unpaired) electrons. The molecule has 0 atom stereocenters. The van der Waals surface area contributed by atoms with Crippen LogP contribution in [0.1, 0.15) is 18.3 Å². The fourth-order valence-electron chi connectivity index (χ4n) is 1.75. The van der Waals surface area contributed by atoms with Crippen LogP contribution in [0, 0.1) is 0 Å².